The number of hydrogen-bond acceptors (Lipinski definition) is 3. The Morgan fingerprint density at radius 1 is 0.711 bits per heavy atom. The molecule has 1 fully saturated rings. The molecule has 2 heterocycles. The van der Waals surface area contributed by atoms with Gasteiger partial charge in [0.1, 0.15) is 0 Å². The average Bonchev–Trinajstić information content (AvgIpc) is 3.24. The van der Waals surface area contributed by atoms with Crippen molar-refractivity contribution in [2.24, 2.45) is 5.73 Å². The van der Waals surface area contributed by atoms with Crippen LogP contribution in [-0.4, -0.2) is 47.1 Å². The number of aryl methyl sites for hydroxylation is 1. The summed E-state index contributed by atoms with van der Waals surface area (Å²) in [6, 6.07) is 20.6. The number of aromatic nitrogens is 1. The first kappa shape index (κ1) is 31.1. The van der Waals surface area contributed by atoms with Gasteiger partial charge >= 0.3 is 0 Å². The highest BCUT2D eigenvalue weighted by Gasteiger charge is 2.20. The van der Waals surface area contributed by atoms with E-state index in [9.17, 15) is 0 Å². The minimum absolute atomic E-state index is 0. The molecule has 2 N–H and O–H groups in total. The lowest BCUT2D eigenvalue weighted by molar-refractivity contribution is 0.122. The molecule has 4 aromatic rings. The largest absolute Gasteiger partial charge is 0.347 e. The van der Waals surface area contributed by atoms with Crippen LogP contribution in [0, 0.1) is 0 Å². The van der Waals surface area contributed by atoms with Gasteiger partial charge in [0.05, 0.1) is 0 Å². The van der Waals surface area contributed by atoms with Crippen molar-refractivity contribution in [3.8, 4) is 11.1 Å². The van der Waals surface area contributed by atoms with Crippen molar-refractivity contribution in [3.05, 3.63) is 93.1 Å². The van der Waals surface area contributed by atoms with E-state index in [2.05, 4.69) is 44.8 Å². The van der Waals surface area contributed by atoms with Crippen molar-refractivity contribution in [3.63, 3.8) is 0 Å². The predicted octanol–water partition coefficient (Wildman–Crippen LogP) is 7.78. The summed E-state index contributed by atoms with van der Waals surface area (Å²) >= 11 is 19.4. The van der Waals surface area contributed by atoms with Gasteiger partial charge in [0.15, 0.2) is 0 Å². The maximum absolute atomic E-state index is 6.60. The molecule has 1 aliphatic rings. The van der Waals surface area contributed by atoms with Gasteiger partial charge in [0.2, 0.25) is 0 Å². The number of fused-ring (bicyclic) bond motifs is 1. The van der Waals surface area contributed by atoms with Gasteiger partial charge < -0.3 is 10.3 Å². The summed E-state index contributed by atoms with van der Waals surface area (Å²) in [5, 5.41) is 3.50. The number of nitrogens with zero attached hydrogens (tertiary/aromatic N) is 3. The number of benzene rings is 3. The Morgan fingerprint density at radius 3 is 2.00 bits per heavy atom. The second kappa shape index (κ2) is 14.2. The van der Waals surface area contributed by atoms with Crippen molar-refractivity contribution in [1.82, 2.24) is 14.4 Å². The number of rotatable bonds is 8. The summed E-state index contributed by atoms with van der Waals surface area (Å²) in [5.41, 5.74) is 11.6. The molecule has 1 aromatic heterocycles. The normalized spacial score (nSPS) is 14.3. The molecule has 0 unspecified atom stereocenters. The van der Waals surface area contributed by atoms with E-state index in [1.807, 2.05) is 36.4 Å². The van der Waals surface area contributed by atoms with Crippen LogP contribution in [0.4, 0.5) is 0 Å². The van der Waals surface area contributed by atoms with Gasteiger partial charge in [-0.1, -0.05) is 65.1 Å². The number of halogens is 5. The quantitative estimate of drug-likeness (QED) is 0.220. The first-order valence-electron chi connectivity index (χ1n) is 12.5. The Labute approximate surface area is 252 Å². The number of piperazine rings is 1. The van der Waals surface area contributed by atoms with Crippen LogP contribution in [0.2, 0.25) is 15.1 Å². The van der Waals surface area contributed by atoms with E-state index in [0.29, 0.717) is 6.54 Å². The Balaban J connectivity index is 0.00000200. The second-order valence-electron chi connectivity index (χ2n) is 9.46. The van der Waals surface area contributed by atoms with Gasteiger partial charge in [-0.3, -0.25) is 9.80 Å². The molecule has 0 aliphatic carbocycles. The molecule has 1 saturated heterocycles. The molecule has 5 rings (SSSR count). The van der Waals surface area contributed by atoms with Crippen LogP contribution in [0.15, 0.2) is 66.9 Å². The fraction of sp³-hybridized carbons (Fsp3) is 0.310. The highest BCUT2D eigenvalue weighted by atomic mass is 35.5. The van der Waals surface area contributed by atoms with Crippen LogP contribution in [0.5, 0.6) is 0 Å². The average molecular weight is 615 g/mol. The summed E-state index contributed by atoms with van der Waals surface area (Å²) in [6.45, 7) is 7.28. The van der Waals surface area contributed by atoms with E-state index in [-0.39, 0.29) is 24.8 Å². The minimum atomic E-state index is 0. The van der Waals surface area contributed by atoms with Crippen molar-refractivity contribution in [2.45, 2.75) is 26.1 Å². The van der Waals surface area contributed by atoms with Gasteiger partial charge in [-0.15, -0.1) is 24.8 Å². The monoisotopic (exact) mass is 612 g/mol. The third-order valence-corrected chi connectivity index (χ3v) is 8.06. The first-order chi connectivity index (χ1) is 17.5. The molecular formula is C29H33Cl5N4. The summed E-state index contributed by atoms with van der Waals surface area (Å²) in [7, 11) is 0. The molecule has 9 heteroatoms. The molecule has 204 valence electrons. The molecule has 0 atom stereocenters. The molecule has 0 amide bonds. The smallest absolute Gasteiger partial charge is 0.0486 e. The molecule has 0 bridgehead atoms. The zero-order valence-electron chi connectivity index (χ0n) is 21.1. The van der Waals surface area contributed by atoms with Crippen LogP contribution in [0.3, 0.4) is 0 Å². The fourth-order valence-electron chi connectivity index (χ4n) is 5.05. The van der Waals surface area contributed by atoms with Gasteiger partial charge in [0, 0.05) is 94.7 Å². The second-order valence-corrected chi connectivity index (χ2v) is 10.7. The van der Waals surface area contributed by atoms with Crippen LogP contribution in [-0.2, 0) is 19.6 Å². The number of nitrogens with two attached hydrogens (primary N) is 1. The van der Waals surface area contributed by atoms with Crippen LogP contribution in [0.25, 0.3) is 22.0 Å². The summed E-state index contributed by atoms with van der Waals surface area (Å²) in [4.78, 5) is 4.95. The van der Waals surface area contributed by atoms with Crippen LogP contribution in [0.1, 0.15) is 17.5 Å². The first-order valence-corrected chi connectivity index (χ1v) is 13.6. The van der Waals surface area contributed by atoms with Gasteiger partial charge in [-0.2, -0.15) is 0 Å². The Hall–Kier alpha value is -1.47. The van der Waals surface area contributed by atoms with Gasteiger partial charge in [0.25, 0.3) is 0 Å². The Morgan fingerprint density at radius 2 is 1.34 bits per heavy atom. The standard InChI is InChI=1S/C29H31Cl3N4.2ClH/c30-26-6-2-1-5-22(26)24-20-36(12-4-11-33)29-10-9-21(17-23(24)29)18-34-13-15-35(16-14-34)19-25-27(31)7-3-8-28(25)32;;/h1-3,5-10,17,20H,4,11-16,18-19,33H2;2*1H. The van der Waals surface area contributed by atoms with E-state index in [0.717, 1.165) is 78.4 Å². The topological polar surface area (TPSA) is 37.4 Å². The van der Waals surface area contributed by atoms with Gasteiger partial charge in [-0.25, -0.2) is 0 Å². The maximum atomic E-state index is 6.60. The summed E-state index contributed by atoms with van der Waals surface area (Å²) < 4.78 is 2.31. The molecule has 3 aromatic carbocycles. The predicted molar refractivity (Wildman–Crippen MR) is 168 cm³/mol. The lowest BCUT2D eigenvalue weighted by atomic mass is 10.0. The molecule has 0 saturated carbocycles. The number of hydrogen-bond donors (Lipinski definition) is 1. The lowest BCUT2D eigenvalue weighted by Crippen LogP contribution is -2.45. The molecule has 4 nitrogen and oxygen atoms in total. The Bertz CT molecular complexity index is 1330. The third kappa shape index (κ3) is 6.99. The summed E-state index contributed by atoms with van der Waals surface area (Å²) in [6.07, 6.45) is 3.17. The fourth-order valence-corrected chi connectivity index (χ4v) is 5.81. The van der Waals surface area contributed by atoms with Crippen molar-refractivity contribution in [2.75, 3.05) is 32.7 Å². The summed E-state index contributed by atoms with van der Waals surface area (Å²) in [5.74, 6) is 0. The molecular weight excluding hydrogens is 582 g/mol. The maximum Gasteiger partial charge on any atom is 0.0486 e. The lowest BCUT2D eigenvalue weighted by Gasteiger charge is -2.35. The van der Waals surface area contributed by atoms with E-state index < -0.39 is 0 Å². The minimum Gasteiger partial charge on any atom is -0.347 e. The molecule has 0 radical (unpaired) electrons. The molecule has 0 spiro atoms. The van der Waals surface area contributed by atoms with E-state index in [1.54, 1.807) is 0 Å². The van der Waals surface area contributed by atoms with Crippen molar-refractivity contribution >= 4 is 70.5 Å². The SMILES string of the molecule is Cl.Cl.NCCCn1cc(-c2ccccc2Cl)c2cc(CN3CCN(Cc4c(Cl)cccc4Cl)CC3)ccc21. The molecule has 38 heavy (non-hydrogen) atoms. The third-order valence-electron chi connectivity index (χ3n) is 7.03. The van der Waals surface area contributed by atoms with E-state index in [1.165, 1.54) is 22.0 Å². The van der Waals surface area contributed by atoms with Crippen LogP contribution < -0.4 is 5.73 Å². The van der Waals surface area contributed by atoms with Gasteiger partial charge in [-0.05, 0) is 48.9 Å². The molecule has 1 aliphatic heterocycles. The van der Waals surface area contributed by atoms with Crippen LogP contribution >= 0.6 is 59.6 Å². The van der Waals surface area contributed by atoms with E-state index >= 15 is 0 Å². The Kier molecular flexibility index (Phi) is 11.6. The van der Waals surface area contributed by atoms with Crippen molar-refractivity contribution in [1.29, 1.82) is 0 Å². The highest BCUT2D eigenvalue weighted by Crippen LogP contribution is 2.36. The highest BCUT2D eigenvalue weighted by molar-refractivity contribution is 6.36. The zero-order chi connectivity index (χ0) is 25.1. The van der Waals surface area contributed by atoms with E-state index in [4.69, 9.17) is 40.5 Å². The van der Waals surface area contributed by atoms with Crippen molar-refractivity contribution < 1.29 is 0 Å². The zero-order valence-corrected chi connectivity index (χ0v) is 25.0.